The highest BCUT2D eigenvalue weighted by atomic mass is 32.1. The van der Waals surface area contributed by atoms with E-state index in [4.69, 9.17) is 0 Å². The van der Waals surface area contributed by atoms with Gasteiger partial charge in [-0.1, -0.05) is 6.07 Å². The lowest BCUT2D eigenvalue weighted by molar-refractivity contribution is -0.684. The molecule has 0 aliphatic rings. The van der Waals surface area contributed by atoms with Crippen molar-refractivity contribution in [3.05, 3.63) is 46.7 Å². The Bertz CT molecular complexity index is 508. The standard InChI is InChI=1S/C14H17N2OS/c1-12-14(18-11-15-12)7-5-6-13(17)10-16-8-3-2-4-9-16/h2-4,8-9,11H,5-7,10H2,1H3/q+1. The molecule has 3 nitrogen and oxygen atoms in total. The lowest BCUT2D eigenvalue weighted by atomic mass is 10.1. The second-order valence-corrected chi connectivity index (χ2v) is 5.24. The largest absolute Gasteiger partial charge is 0.293 e. The Morgan fingerprint density at radius 3 is 2.78 bits per heavy atom. The van der Waals surface area contributed by atoms with Crippen LogP contribution in [0.2, 0.25) is 0 Å². The molecule has 0 radical (unpaired) electrons. The molecule has 2 aromatic rings. The van der Waals surface area contributed by atoms with Crippen LogP contribution in [0.4, 0.5) is 0 Å². The molecule has 0 amide bonds. The maximum absolute atomic E-state index is 11.8. The fourth-order valence-electron chi connectivity index (χ4n) is 1.83. The van der Waals surface area contributed by atoms with E-state index in [-0.39, 0.29) is 5.78 Å². The van der Waals surface area contributed by atoms with Gasteiger partial charge in [0, 0.05) is 23.4 Å². The molecule has 2 heterocycles. The molecule has 0 atom stereocenters. The molecule has 0 aliphatic carbocycles. The molecule has 0 saturated heterocycles. The topological polar surface area (TPSA) is 33.8 Å². The summed E-state index contributed by atoms with van der Waals surface area (Å²) < 4.78 is 1.92. The third kappa shape index (κ3) is 3.74. The van der Waals surface area contributed by atoms with Crippen molar-refractivity contribution < 1.29 is 9.36 Å². The average Bonchev–Trinajstić information content (AvgIpc) is 2.76. The minimum atomic E-state index is 0.286. The van der Waals surface area contributed by atoms with Crippen LogP contribution in [0.5, 0.6) is 0 Å². The molecule has 0 bridgehead atoms. The fourth-order valence-corrected chi connectivity index (χ4v) is 2.66. The first-order chi connectivity index (χ1) is 8.75. The SMILES string of the molecule is Cc1ncsc1CCCC(=O)C[n+]1ccccc1. The fraction of sp³-hybridized carbons (Fsp3) is 0.357. The van der Waals surface area contributed by atoms with Crippen molar-refractivity contribution in [3.8, 4) is 0 Å². The third-order valence-corrected chi connectivity index (χ3v) is 3.84. The van der Waals surface area contributed by atoms with E-state index in [9.17, 15) is 4.79 Å². The number of Topliss-reactive ketones (excluding diaryl/α,β-unsaturated/α-hetero) is 1. The van der Waals surface area contributed by atoms with Crippen LogP contribution in [-0.2, 0) is 17.8 Å². The second kappa shape index (κ2) is 6.40. The number of carbonyl (C=O) groups is 1. The van der Waals surface area contributed by atoms with E-state index in [1.807, 2.05) is 47.6 Å². The predicted octanol–water partition coefficient (Wildman–Crippen LogP) is 2.33. The van der Waals surface area contributed by atoms with E-state index in [0.717, 1.165) is 18.5 Å². The summed E-state index contributed by atoms with van der Waals surface area (Å²) in [7, 11) is 0. The molecule has 2 rings (SSSR count). The zero-order valence-corrected chi connectivity index (χ0v) is 11.3. The minimum Gasteiger partial charge on any atom is -0.293 e. The lowest BCUT2D eigenvalue weighted by Gasteiger charge is -1.98. The van der Waals surface area contributed by atoms with Gasteiger partial charge in [-0.2, -0.15) is 4.57 Å². The number of carbonyl (C=O) groups excluding carboxylic acids is 1. The summed E-state index contributed by atoms with van der Waals surface area (Å²) in [6, 6.07) is 5.83. The van der Waals surface area contributed by atoms with Gasteiger partial charge in [0.25, 0.3) is 0 Å². The molecular weight excluding hydrogens is 244 g/mol. The van der Waals surface area contributed by atoms with Gasteiger partial charge in [0.05, 0.1) is 11.2 Å². The number of thiazole rings is 1. The molecular formula is C14H17N2OS+. The van der Waals surface area contributed by atoms with Gasteiger partial charge < -0.3 is 0 Å². The van der Waals surface area contributed by atoms with Crippen LogP contribution in [0.3, 0.4) is 0 Å². The summed E-state index contributed by atoms with van der Waals surface area (Å²) in [5.74, 6) is 0.286. The van der Waals surface area contributed by atoms with Crippen LogP contribution >= 0.6 is 11.3 Å². The monoisotopic (exact) mass is 261 g/mol. The summed E-state index contributed by atoms with van der Waals surface area (Å²) >= 11 is 1.68. The van der Waals surface area contributed by atoms with Crippen molar-refractivity contribution in [2.24, 2.45) is 0 Å². The Morgan fingerprint density at radius 1 is 1.33 bits per heavy atom. The first-order valence-electron chi connectivity index (χ1n) is 6.10. The first-order valence-corrected chi connectivity index (χ1v) is 6.98. The molecule has 0 N–H and O–H groups in total. The predicted molar refractivity (Wildman–Crippen MR) is 71.4 cm³/mol. The Morgan fingerprint density at radius 2 is 2.11 bits per heavy atom. The van der Waals surface area contributed by atoms with Crippen molar-refractivity contribution in [1.29, 1.82) is 0 Å². The van der Waals surface area contributed by atoms with Crippen molar-refractivity contribution in [2.45, 2.75) is 32.7 Å². The molecule has 0 unspecified atom stereocenters. The van der Waals surface area contributed by atoms with Crippen LogP contribution in [0.1, 0.15) is 23.4 Å². The third-order valence-electron chi connectivity index (χ3n) is 2.84. The molecule has 4 heteroatoms. The number of aromatic nitrogens is 2. The van der Waals surface area contributed by atoms with Crippen LogP contribution in [0, 0.1) is 6.92 Å². The number of ketones is 1. The maximum Gasteiger partial charge on any atom is 0.206 e. The highest BCUT2D eigenvalue weighted by Gasteiger charge is 2.09. The van der Waals surface area contributed by atoms with E-state index in [2.05, 4.69) is 4.98 Å². The Balaban J connectivity index is 1.74. The van der Waals surface area contributed by atoms with Crippen LogP contribution < -0.4 is 4.57 Å². The Labute approximate surface area is 111 Å². The lowest BCUT2D eigenvalue weighted by Crippen LogP contribution is -2.36. The van der Waals surface area contributed by atoms with Crippen molar-refractivity contribution in [3.63, 3.8) is 0 Å². The van der Waals surface area contributed by atoms with Gasteiger partial charge in [0.15, 0.2) is 18.2 Å². The van der Waals surface area contributed by atoms with E-state index in [1.165, 1.54) is 4.88 Å². The zero-order valence-electron chi connectivity index (χ0n) is 10.5. The van der Waals surface area contributed by atoms with Crippen molar-refractivity contribution >= 4 is 17.1 Å². The van der Waals surface area contributed by atoms with Crippen molar-refractivity contribution in [2.75, 3.05) is 0 Å². The number of nitrogens with zero attached hydrogens (tertiary/aromatic N) is 2. The summed E-state index contributed by atoms with van der Waals surface area (Å²) in [5, 5.41) is 0. The van der Waals surface area contributed by atoms with Gasteiger partial charge >= 0.3 is 0 Å². The van der Waals surface area contributed by atoms with Gasteiger partial charge in [-0.25, -0.2) is 4.98 Å². The summed E-state index contributed by atoms with van der Waals surface area (Å²) in [6.45, 7) is 2.50. The highest BCUT2D eigenvalue weighted by Crippen LogP contribution is 2.15. The van der Waals surface area contributed by atoms with Gasteiger partial charge in [0.1, 0.15) is 0 Å². The minimum absolute atomic E-state index is 0.286. The molecule has 0 aromatic carbocycles. The van der Waals surface area contributed by atoms with Gasteiger partial charge in [-0.15, -0.1) is 11.3 Å². The number of hydrogen-bond donors (Lipinski definition) is 0. The normalized spacial score (nSPS) is 10.5. The summed E-state index contributed by atoms with van der Waals surface area (Å²) in [6.07, 6.45) is 6.35. The van der Waals surface area contributed by atoms with E-state index < -0.39 is 0 Å². The summed E-state index contributed by atoms with van der Waals surface area (Å²) in [4.78, 5) is 17.3. The zero-order chi connectivity index (χ0) is 12.8. The molecule has 0 fully saturated rings. The van der Waals surface area contributed by atoms with E-state index in [1.54, 1.807) is 11.3 Å². The maximum atomic E-state index is 11.8. The number of pyridine rings is 1. The molecule has 2 aromatic heterocycles. The molecule has 18 heavy (non-hydrogen) atoms. The van der Waals surface area contributed by atoms with Gasteiger partial charge in [-0.3, -0.25) is 4.79 Å². The molecule has 0 saturated carbocycles. The van der Waals surface area contributed by atoms with Crippen molar-refractivity contribution in [1.82, 2.24) is 4.98 Å². The van der Waals surface area contributed by atoms with Crippen LogP contribution in [0.15, 0.2) is 36.1 Å². The number of aryl methyl sites for hydroxylation is 2. The smallest absolute Gasteiger partial charge is 0.206 e. The Hall–Kier alpha value is -1.55. The van der Waals surface area contributed by atoms with E-state index >= 15 is 0 Å². The van der Waals surface area contributed by atoms with Gasteiger partial charge in [0.2, 0.25) is 6.54 Å². The average molecular weight is 261 g/mol. The number of hydrogen-bond acceptors (Lipinski definition) is 3. The first kappa shape index (κ1) is 12.9. The molecule has 94 valence electrons. The van der Waals surface area contributed by atoms with Crippen LogP contribution in [-0.4, -0.2) is 10.8 Å². The number of rotatable bonds is 6. The quantitative estimate of drug-likeness (QED) is 0.748. The van der Waals surface area contributed by atoms with Crippen LogP contribution in [0.25, 0.3) is 0 Å². The highest BCUT2D eigenvalue weighted by molar-refractivity contribution is 7.09. The molecule has 0 aliphatic heterocycles. The summed E-state index contributed by atoms with van der Waals surface area (Å²) in [5.41, 5.74) is 2.97. The van der Waals surface area contributed by atoms with Gasteiger partial charge in [-0.05, 0) is 19.8 Å². The Kier molecular flexibility index (Phi) is 4.59. The molecule has 0 spiro atoms. The van der Waals surface area contributed by atoms with E-state index in [0.29, 0.717) is 13.0 Å². The second-order valence-electron chi connectivity index (χ2n) is 4.30.